The van der Waals surface area contributed by atoms with Crippen molar-refractivity contribution < 1.29 is 13.2 Å². The topological polar surface area (TPSA) is 80.5 Å². The Morgan fingerprint density at radius 1 is 1.32 bits per heavy atom. The average molecular weight is 282 g/mol. The molecule has 2 N–H and O–H groups in total. The summed E-state index contributed by atoms with van der Waals surface area (Å²) in [6.45, 7) is 1.78. The summed E-state index contributed by atoms with van der Waals surface area (Å²) in [5, 5.41) is 0. The number of sulfonamides is 1. The van der Waals surface area contributed by atoms with Crippen molar-refractivity contribution in [2.45, 2.75) is 13.5 Å². The predicted molar refractivity (Wildman–Crippen MR) is 74.6 cm³/mol. The minimum Gasteiger partial charge on any atom is -0.402 e. The molecule has 5 nitrogen and oxygen atoms in total. The lowest BCUT2D eigenvalue weighted by atomic mass is 10.2. The van der Waals surface area contributed by atoms with Crippen molar-refractivity contribution in [1.29, 1.82) is 0 Å². The fourth-order valence-corrected chi connectivity index (χ4v) is 2.53. The van der Waals surface area contributed by atoms with Crippen LogP contribution in [0.5, 0.6) is 0 Å². The molecule has 0 atom stereocenters. The summed E-state index contributed by atoms with van der Waals surface area (Å²) in [7, 11) is -2.17. The molecule has 0 saturated heterocycles. The molecule has 0 amide bonds. The first-order valence-electron chi connectivity index (χ1n) is 5.76. The Kier molecular flexibility index (Phi) is 5.26. The third kappa shape index (κ3) is 5.23. The molecule has 1 aromatic rings. The number of benzene rings is 1. The number of nitrogens with zero attached hydrogens (tertiary/aromatic N) is 1. The summed E-state index contributed by atoms with van der Waals surface area (Å²) in [6, 6.07) is 9.19. The van der Waals surface area contributed by atoms with Crippen molar-refractivity contribution >= 4 is 15.8 Å². The van der Waals surface area contributed by atoms with Crippen molar-refractivity contribution in [3.05, 3.63) is 47.7 Å². The monoisotopic (exact) mass is 282 g/mol. The first kappa shape index (κ1) is 15.4. The SMILES string of the molecule is C/C(N)=C/C(=O)CS(=O)(=O)N(C)Cc1ccccc1. The highest BCUT2D eigenvalue weighted by Crippen LogP contribution is 2.07. The van der Waals surface area contributed by atoms with E-state index >= 15 is 0 Å². The molecule has 0 radical (unpaired) electrons. The average Bonchev–Trinajstić information content (AvgIpc) is 2.28. The van der Waals surface area contributed by atoms with Gasteiger partial charge in [-0.3, -0.25) is 4.79 Å². The van der Waals surface area contributed by atoms with Crippen molar-refractivity contribution in [2.75, 3.05) is 12.8 Å². The molecule has 0 aliphatic rings. The number of nitrogens with two attached hydrogens (primary N) is 1. The van der Waals surface area contributed by atoms with E-state index in [1.54, 1.807) is 0 Å². The summed E-state index contributed by atoms with van der Waals surface area (Å²) >= 11 is 0. The van der Waals surface area contributed by atoms with Gasteiger partial charge in [0.05, 0.1) is 0 Å². The number of carbonyl (C=O) groups is 1. The molecule has 0 unspecified atom stereocenters. The van der Waals surface area contributed by atoms with Gasteiger partial charge in [-0.2, -0.15) is 0 Å². The van der Waals surface area contributed by atoms with E-state index in [9.17, 15) is 13.2 Å². The first-order valence-corrected chi connectivity index (χ1v) is 7.37. The number of hydrogen-bond acceptors (Lipinski definition) is 4. The maximum atomic E-state index is 12.0. The maximum Gasteiger partial charge on any atom is 0.221 e. The molecule has 1 aromatic carbocycles. The second-order valence-corrected chi connectivity index (χ2v) is 6.43. The highest BCUT2D eigenvalue weighted by atomic mass is 32.2. The second-order valence-electron chi connectivity index (χ2n) is 4.35. The van der Waals surface area contributed by atoms with Gasteiger partial charge < -0.3 is 5.73 Å². The van der Waals surface area contributed by atoms with Crippen molar-refractivity contribution in [3.63, 3.8) is 0 Å². The minimum absolute atomic E-state index is 0.238. The molecule has 0 fully saturated rings. The summed E-state index contributed by atoms with van der Waals surface area (Å²) in [5.41, 5.74) is 6.51. The van der Waals surface area contributed by atoms with Crippen LogP contribution in [0.3, 0.4) is 0 Å². The van der Waals surface area contributed by atoms with Crippen LogP contribution >= 0.6 is 0 Å². The van der Waals surface area contributed by atoms with Gasteiger partial charge in [0.25, 0.3) is 0 Å². The third-order valence-electron chi connectivity index (χ3n) is 2.44. The number of carbonyl (C=O) groups excluding carboxylic acids is 1. The zero-order chi connectivity index (χ0) is 14.5. The standard InChI is InChI=1S/C13H18N2O3S/c1-11(14)8-13(16)10-19(17,18)15(2)9-12-6-4-3-5-7-12/h3-8H,9-10,14H2,1-2H3/b11-8-. The quantitative estimate of drug-likeness (QED) is 0.785. The van der Waals surface area contributed by atoms with Gasteiger partial charge in [-0.1, -0.05) is 30.3 Å². The molecule has 0 bridgehead atoms. The molecule has 104 valence electrons. The summed E-state index contributed by atoms with van der Waals surface area (Å²) in [4.78, 5) is 11.5. The van der Waals surface area contributed by atoms with Gasteiger partial charge in [-0.05, 0) is 12.5 Å². The van der Waals surface area contributed by atoms with Crippen LogP contribution in [0.2, 0.25) is 0 Å². The van der Waals surface area contributed by atoms with E-state index in [1.807, 2.05) is 30.3 Å². The van der Waals surface area contributed by atoms with Crippen LogP contribution in [-0.4, -0.2) is 31.3 Å². The molecule has 19 heavy (non-hydrogen) atoms. The van der Waals surface area contributed by atoms with E-state index in [4.69, 9.17) is 5.73 Å². The van der Waals surface area contributed by atoms with Gasteiger partial charge in [-0.25, -0.2) is 12.7 Å². The van der Waals surface area contributed by atoms with Crippen LogP contribution in [0.4, 0.5) is 0 Å². The smallest absolute Gasteiger partial charge is 0.221 e. The van der Waals surface area contributed by atoms with Gasteiger partial charge in [0.15, 0.2) is 5.78 Å². The molecule has 0 aliphatic carbocycles. The van der Waals surface area contributed by atoms with Gasteiger partial charge in [0.1, 0.15) is 5.75 Å². The Bertz CT molecular complexity index is 561. The summed E-state index contributed by atoms with van der Waals surface area (Å²) in [6.07, 6.45) is 1.13. The largest absolute Gasteiger partial charge is 0.402 e. The van der Waals surface area contributed by atoms with E-state index in [-0.39, 0.29) is 6.54 Å². The van der Waals surface area contributed by atoms with E-state index in [1.165, 1.54) is 18.3 Å². The zero-order valence-corrected chi connectivity index (χ0v) is 11.9. The summed E-state index contributed by atoms with van der Waals surface area (Å²) in [5.74, 6) is -1.08. The normalized spacial score (nSPS) is 12.7. The van der Waals surface area contributed by atoms with E-state index in [0.29, 0.717) is 5.70 Å². The van der Waals surface area contributed by atoms with Crippen molar-refractivity contribution in [1.82, 2.24) is 4.31 Å². The van der Waals surface area contributed by atoms with Crippen LogP contribution in [0.25, 0.3) is 0 Å². The van der Waals surface area contributed by atoms with Gasteiger partial charge in [0.2, 0.25) is 10.0 Å². The predicted octanol–water partition coefficient (Wildman–Crippen LogP) is 0.880. The van der Waals surface area contributed by atoms with Crippen LogP contribution in [0, 0.1) is 0 Å². The molecular formula is C13H18N2O3S. The Morgan fingerprint density at radius 2 is 1.89 bits per heavy atom. The number of hydrogen-bond donors (Lipinski definition) is 1. The molecule has 0 heterocycles. The van der Waals surface area contributed by atoms with Gasteiger partial charge >= 0.3 is 0 Å². The number of allylic oxidation sites excluding steroid dienone is 2. The zero-order valence-electron chi connectivity index (χ0n) is 11.0. The van der Waals surface area contributed by atoms with Crippen molar-refractivity contribution in [2.24, 2.45) is 5.73 Å². The fraction of sp³-hybridized carbons (Fsp3) is 0.308. The third-order valence-corrected chi connectivity index (χ3v) is 4.16. The minimum atomic E-state index is -3.62. The molecule has 6 heteroatoms. The lowest BCUT2D eigenvalue weighted by Crippen LogP contribution is -2.31. The number of ketones is 1. The Labute approximate surface area is 113 Å². The second kappa shape index (κ2) is 6.49. The fourth-order valence-electron chi connectivity index (χ4n) is 1.52. The van der Waals surface area contributed by atoms with Gasteiger partial charge in [-0.15, -0.1) is 0 Å². The Hall–Kier alpha value is -1.66. The first-order chi connectivity index (χ1) is 8.81. The lowest BCUT2D eigenvalue weighted by Gasteiger charge is -2.16. The Morgan fingerprint density at radius 3 is 2.42 bits per heavy atom. The summed E-state index contributed by atoms with van der Waals surface area (Å²) < 4.78 is 25.1. The maximum absolute atomic E-state index is 12.0. The lowest BCUT2D eigenvalue weighted by molar-refractivity contribution is -0.112. The van der Waals surface area contributed by atoms with Crippen molar-refractivity contribution in [3.8, 4) is 0 Å². The molecule has 0 spiro atoms. The molecule has 0 aliphatic heterocycles. The van der Waals surface area contributed by atoms with E-state index in [0.717, 1.165) is 11.6 Å². The van der Waals surface area contributed by atoms with Crippen LogP contribution in [-0.2, 0) is 21.4 Å². The van der Waals surface area contributed by atoms with Crippen LogP contribution in [0.15, 0.2) is 42.1 Å². The molecular weight excluding hydrogens is 264 g/mol. The van der Waals surface area contributed by atoms with Crippen LogP contribution in [0.1, 0.15) is 12.5 Å². The molecule has 0 aromatic heterocycles. The Balaban J connectivity index is 2.72. The molecule has 0 saturated carbocycles. The highest BCUT2D eigenvalue weighted by Gasteiger charge is 2.21. The van der Waals surface area contributed by atoms with Gasteiger partial charge in [0, 0.05) is 25.4 Å². The number of rotatable bonds is 6. The highest BCUT2D eigenvalue weighted by molar-refractivity contribution is 7.89. The molecule has 1 rings (SSSR count). The van der Waals surface area contributed by atoms with E-state index in [2.05, 4.69) is 0 Å². The van der Waals surface area contributed by atoms with Crippen LogP contribution < -0.4 is 5.73 Å². The van der Waals surface area contributed by atoms with E-state index < -0.39 is 21.6 Å².